The number of H-pyrrole nitrogens is 1. The molecule has 20 aromatic rings. The summed E-state index contributed by atoms with van der Waals surface area (Å²) in [5.41, 5.74) is 22.8. The summed E-state index contributed by atoms with van der Waals surface area (Å²) in [5.74, 6) is 0.724. The van der Waals surface area contributed by atoms with Gasteiger partial charge in [0.15, 0.2) is 11.5 Å². The molecule has 109 heavy (non-hydrogen) atoms. The molecule has 7 heterocycles. The summed E-state index contributed by atoms with van der Waals surface area (Å²) in [7, 11) is 0. The SMILES string of the molecule is Brc1ccc2c(c1)ncn2-c1cccc2ccccc12.Brc1ccc2nc(-c3ccc(-c4ccccc4)cc3)nc(-c3ccc(-c4ccccc4)cc3)c2c1.Brc1nc2ccccc2nc1-c1ccccc1.Clc1nc(-c2ccccc2)c2[nH]c3ccccc3c2n1.Clc1nc(-c2ccccc2)c2cccnc2n1. The zero-order valence-corrected chi connectivity index (χ0v) is 64.1. The number of nitrogens with one attached hydrogen (secondary N) is 1. The lowest BCUT2D eigenvalue weighted by Gasteiger charge is -2.11. The number of hydrogen-bond donors (Lipinski definition) is 1. The molecule has 0 saturated heterocycles. The van der Waals surface area contributed by atoms with Crippen molar-refractivity contribution in [2.75, 3.05) is 0 Å². The molecule has 0 unspecified atom stereocenters. The van der Waals surface area contributed by atoms with Crippen molar-refractivity contribution in [3.63, 3.8) is 0 Å². The van der Waals surface area contributed by atoms with E-state index in [2.05, 4.69) is 249 Å². The van der Waals surface area contributed by atoms with Gasteiger partial charge in [-0.15, -0.1) is 0 Å². The molecule has 1 N–H and O–H groups in total. The molecule has 17 heteroatoms. The quantitative estimate of drug-likeness (QED) is 0.146. The van der Waals surface area contributed by atoms with Gasteiger partial charge in [-0.2, -0.15) is 4.98 Å². The van der Waals surface area contributed by atoms with Crippen molar-refractivity contribution in [2.24, 2.45) is 0 Å². The summed E-state index contributed by atoms with van der Waals surface area (Å²) in [6, 6.07) is 115. The number of aromatic amines is 1. The third-order valence-electron chi connectivity index (χ3n) is 18.1. The first kappa shape index (κ1) is 70.9. The Morgan fingerprint density at radius 3 is 1.46 bits per heavy atom. The maximum Gasteiger partial charge on any atom is 0.225 e. The normalized spacial score (nSPS) is 11.0. The van der Waals surface area contributed by atoms with Gasteiger partial charge in [0, 0.05) is 70.0 Å². The van der Waals surface area contributed by atoms with Gasteiger partial charge in [-0.1, -0.05) is 299 Å². The van der Waals surface area contributed by atoms with Gasteiger partial charge in [-0.25, -0.2) is 44.9 Å². The zero-order valence-electron chi connectivity index (χ0n) is 57.8. The van der Waals surface area contributed by atoms with Crippen molar-refractivity contribution in [2.45, 2.75) is 0 Å². The average Bonchev–Trinajstić information content (AvgIpc) is 1.60. The number of halogens is 5. The highest BCUT2D eigenvalue weighted by Crippen LogP contribution is 2.37. The Balaban J connectivity index is 0.000000107. The van der Waals surface area contributed by atoms with Crippen molar-refractivity contribution < 1.29 is 0 Å². The van der Waals surface area contributed by atoms with Crippen LogP contribution in [0, 0.1) is 0 Å². The molecule has 7 aromatic heterocycles. The number of nitrogens with zero attached hydrogens (tertiary/aromatic N) is 11. The van der Waals surface area contributed by atoms with Gasteiger partial charge in [0.25, 0.3) is 0 Å². The van der Waals surface area contributed by atoms with Crippen LogP contribution in [0.4, 0.5) is 0 Å². The molecule has 13 aromatic carbocycles. The van der Waals surface area contributed by atoms with E-state index in [4.69, 9.17) is 33.2 Å². The molecule has 12 nitrogen and oxygen atoms in total. The number of hydrogen-bond acceptors (Lipinski definition) is 10. The van der Waals surface area contributed by atoms with E-state index >= 15 is 0 Å². The van der Waals surface area contributed by atoms with Gasteiger partial charge in [-0.3, -0.25) is 4.57 Å². The van der Waals surface area contributed by atoms with E-state index in [1.807, 2.05) is 194 Å². The third kappa shape index (κ3) is 16.0. The molecule has 522 valence electrons. The zero-order chi connectivity index (χ0) is 74.0. The van der Waals surface area contributed by atoms with Crippen LogP contribution in [-0.4, -0.2) is 59.4 Å². The monoisotopic (exact) mass is 1640 g/mol. The number of para-hydroxylation sites is 3. The highest BCUT2D eigenvalue weighted by molar-refractivity contribution is 9.11. The van der Waals surface area contributed by atoms with Gasteiger partial charge < -0.3 is 4.98 Å². The predicted octanol–water partition coefficient (Wildman–Crippen LogP) is 25.8. The molecule has 0 amide bonds. The van der Waals surface area contributed by atoms with Crippen LogP contribution in [0.15, 0.2) is 366 Å². The second kappa shape index (κ2) is 32.8. The Kier molecular flexibility index (Phi) is 21.3. The van der Waals surface area contributed by atoms with Crippen LogP contribution in [0.5, 0.6) is 0 Å². The van der Waals surface area contributed by atoms with Crippen molar-refractivity contribution in [1.29, 1.82) is 0 Å². The Hall–Kier alpha value is -12.3. The number of benzene rings is 13. The summed E-state index contributed by atoms with van der Waals surface area (Å²) in [6.07, 6.45) is 3.58. The largest absolute Gasteiger partial charge is 0.351 e. The first-order valence-corrected chi connectivity index (χ1v) is 37.9. The van der Waals surface area contributed by atoms with Crippen LogP contribution in [0.3, 0.4) is 0 Å². The molecule has 0 saturated carbocycles. The third-order valence-corrected chi connectivity index (χ3v) is 20.0. The molecule has 0 aliphatic rings. The van der Waals surface area contributed by atoms with Crippen molar-refractivity contribution in [1.82, 2.24) is 59.4 Å². The summed E-state index contributed by atoms with van der Waals surface area (Å²) in [4.78, 5) is 48.3. The number of pyridine rings is 1. The number of imidazole rings is 1. The molecule has 0 spiro atoms. The minimum Gasteiger partial charge on any atom is -0.351 e. The van der Waals surface area contributed by atoms with Gasteiger partial charge in [0.1, 0.15) is 22.1 Å². The van der Waals surface area contributed by atoms with E-state index in [1.165, 1.54) is 33.0 Å². The Labute approximate surface area is 662 Å². The Bertz CT molecular complexity index is 6600. The van der Waals surface area contributed by atoms with Crippen molar-refractivity contribution >= 4 is 148 Å². The van der Waals surface area contributed by atoms with Crippen LogP contribution < -0.4 is 0 Å². The number of fused-ring (bicyclic) bond motifs is 8. The molecule has 0 fully saturated rings. The molecule has 0 radical (unpaired) electrons. The fourth-order valence-corrected chi connectivity index (χ4v) is 14.5. The molecule has 0 aliphatic heterocycles. The van der Waals surface area contributed by atoms with E-state index in [0.717, 1.165) is 136 Å². The van der Waals surface area contributed by atoms with E-state index in [1.54, 1.807) is 6.20 Å². The molecular weight excluding hydrogens is 1580 g/mol. The lowest BCUT2D eigenvalue weighted by molar-refractivity contribution is 1.10. The standard InChI is InChI=1S/C32H21BrN2.C17H11BrN2.C16H10ClN3.C14H9BrN2.C13H8ClN3/c33-28-19-20-30-29(21-28)31(26-15-11-24(12-16-26)22-7-3-1-4-8-22)35-32(34-30)27-17-13-25(14-18-27)23-9-5-2-6-10-23;18-13-8-9-17-15(10-13)19-11-20(17)16-7-3-5-12-4-1-2-6-14(12)16;17-16-19-13(10-6-2-1-3-7-10)15-14(20-16)11-8-4-5-9-12(11)18-15;15-14-13(10-6-2-1-3-7-10)16-11-8-4-5-9-12(11)17-14;14-13-16-11(9-5-2-1-3-6-9)10-7-4-8-15-12(10)17-13/h1-21H;1-11H;1-9,18H;1-9H;1-8H. The van der Waals surface area contributed by atoms with E-state index in [-0.39, 0.29) is 10.6 Å². The predicted molar refractivity (Wildman–Crippen MR) is 458 cm³/mol. The van der Waals surface area contributed by atoms with Crippen molar-refractivity contribution in [3.8, 4) is 84.4 Å². The topological polar surface area (TPSA) is 150 Å². The molecule has 20 rings (SSSR count). The lowest BCUT2D eigenvalue weighted by Crippen LogP contribution is -1.95. The van der Waals surface area contributed by atoms with Crippen LogP contribution in [-0.2, 0) is 0 Å². The van der Waals surface area contributed by atoms with Crippen molar-refractivity contribution in [3.05, 3.63) is 376 Å². The van der Waals surface area contributed by atoms with E-state index in [9.17, 15) is 0 Å². The highest BCUT2D eigenvalue weighted by Gasteiger charge is 2.17. The minimum absolute atomic E-state index is 0.218. The van der Waals surface area contributed by atoms with Gasteiger partial charge in [-0.05, 0) is 140 Å². The fraction of sp³-hybridized carbons (Fsp3) is 0. The number of aromatic nitrogens is 12. The maximum atomic E-state index is 6.09. The molecule has 0 atom stereocenters. The summed E-state index contributed by atoms with van der Waals surface area (Å²) in [5, 5.41) is 5.95. The second-order valence-electron chi connectivity index (χ2n) is 25.1. The van der Waals surface area contributed by atoms with E-state index in [0.29, 0.717) is 5.65 Å². The minimum atomic E-state index is 0.218. The average molecular weight is 1640 g/mol. The van der Waals surface area contributed by atoms with Crippen LogP contribution >= 0.6 is 71.0 Å². The smallest absolute Gasteiger partial charge is 0.225 e. The van der Waals surface area contributed by atoms with Crippen LogP contribution in [0.1, 0.15) is 0 Å². The van der Waals surface area contributed by atoms with Crippen LogP contribution in [0.25, 0.3) is 161 Å². The first-order chi connectivity index (χ1) is 53.6. The molecule has 0 aliphatic carbocycles. The molecular formula is C92H59Br3Cl2N12. The van der Waals surface area contributed by atoms with Gasteiger partial charge in [0.2, 0.25) is 10.6 Å². The Morgan fingerprint density at radius 2 is 0.789 bits per heavy atom. The second-order valence-corrected chi connectivity index (χ2v) is 28.3. The Morgan fingerprint density at radius 1 is 0.303 bits per heavy atom. The van der Waals surface area contributed by atoms with E-state index < -0.39 is 0 Å². The first-order valence-electron chi connectivity index (χ1n) is 34.8. The molecule has 0 bridgehead atoms. The number of rotatable bonds is 8. The summed E-state index contributed by atoms with van der Waals surface area (Å²) < 4.78 is 4.98. The maximum absolute atomic E-state index is 6.09. The highest BCUT2D eigenvalue weighted by atomic mass is 79.9. The summed E-state index contributed by atoms with van der Waals surface area (Å²) in [6.45, 7) is 0. The van der Waals surface area contributed by atoms with Gasteiger partial charge in [0.05, 0.1) is 55.9 Å². The van der Waals surface area contributed by atoms with Gasteiger partial charge >= 0.3 is 0 Å². The summed E-state index contributed by atoms with van der Waals surface area (Å²) >= 11 is 22.6. The fourth-order valence-electron chi connectivity index (χ4n) is 12.9. The lowest BCUT2D eigenvalue weighted by atomic mass is 10.0. The van der Waals surface area contributed by atoms with Crippen LogP contribution in [0.2, 0.25) is 10.6 Å².